The lowest BCUT2D eigenvalue weighted by Gasteiger charge is -2.46. The minimum Gasteiger partial charge on any atom is -0.368 e. The first-order valence-corrected chi connectivity index (χ1v) is 11.7. The van der Waals surface area contributed by atoms with E-state index < -0.39 is 30.3 Å². The summed E-state index contributed by atoms with van der Waals surface area (Å²) >= 11 is 0. The van der Waals surface area contributed by atoms with Gasteiger partial charge < -0.3 is 19.5 Å². The molecule has 2 aromatic rings. The predicted molar refractivity (Wildman–Crippen MR) is 123 cm³/mol. The minimum absolute atomic E-state index is 0.210. The molecule has 1 aromatic carbocycles. The molecule has 2 saturated heterocycles. The van der Waals surface area contributed by atoms with Crippen molar-refractivity contribution in [3.05, 3.63) is 53.6 Å². The van der Waals surface area contributed by atoms with E-state index in [9.17, 15) is 14.4 Å². The molecule has 182 valence electrons. The van der Waals surface area contributed by atoms with Crippen molar-refractivity contribution in [2.24, 2.45) is 13.0 Å². The van der Waals surface area contributed by atoms with Gasteiger partial charge in [-0.2, -0.15) is 0 Å². The molecule has 4 unspecified atom stereocenters. The summed E-state index contributed by atoms with van der Waals surface area (Å²) in [5, 5.41) is 2.80. The van der Waals surface area contributed by atoms with Gasteiger partial charge in [0.2, 0.25) is 5.91 Å². The molecule has 5 atom stereocenters. The van der Waals surface area contributed by atoms with Gasteiger partial charge in [-0.1, -0.05) is 19.1 Å². The van der Waals surface area contributed by atoms with Gasteiger partial charge in [-0.25, -0.2) is 9.37 Å². The Hall–Kier alpha value is -3.07. The van der Waals surface area contributed by atoms with Crippen LogP contribution in [-0.2, 0) is 34.2 Å². The Morgan fingerprint density at radius 3 is 2.62 bits per heavy atom. The number of carbonyl (C=O) groups excluding carboxylic acids is 3. The number of amides is 2. The van der Waals surface area contributed by atoms with Crippen LogP contribution in [-0.4, -0.2) is 69.6 Å². The highest BCUT2D eigenvalue weighted by molar-refractivity contribution is 5.98. The van der Waals surface area contributed by atoms with Crippen LogP contribution in [0.25, 0.3) is 0 Å². The van der Waals surface area contributed by atoms with Crippen molar-refractivity contribution in [2.45, 2.75) is 57.5 Å². The summed E-state index contributed by atoms with van der Waals surface area (Å²) < 4.78 is 22.3. The summed E-state index contributed by atoms with van der Waals surface area (Å²) in [6.07, 6.45) is 3.37. The number of ether oxygens (including phenoxy) is 1. The minimum atomic E-state index is -1.40. The smallest absolute Gasteiger partial charge is 0.251 e. The number of ketones is 1. The highest BCUT2D eigenvalue weighted by Gasteiger charge is 2.47. The number of carbonyl (C=O) groups is 3. The van der Waals surface area contributed by atoms with Crippen molar-refractivity contribution < 1.29 is 23.5 Å². The molecule has 8 nitrogen and oxygen atoms in total. The standard InChI is InChI=1S/C25H31FN4O4/c1-15-12-20(25(33)30-13-19(31)14-34-16(2)22(26)23(15)30)28-24(32)18-7-4-17(5-8-18)6-9-21-27-10-11-29(21)3/h4-5,7-8,10-11,15-16,20,22-23H,6,9,12-14H2,1-3H3,(H,28,32)/t15?,16?,20?,22-,23?/m1/s1. The molecule has 2 fully saturated rings. The number of benzene rings is 1. The average Bonchev–Trinajstić information content (AvgIpc) is 3.23. The van der Waals surface area contributed by atoms with Gasteiger partial charge in [-0.05, 0) is 43.4 Å². The maximum atomic E-state index is 15.0. The molecule has 0 radical (unpaired) electrons. The largest absolute Gasteiger partial charge is 0.368 e. The number of rotatable bonds is 5. The molecule has 0 spiro atoms. The number of hydrogen-bond acceptors (Lipinski definition) is 5. The molecule has 3 heterocycles. The zero-order valence-electron chi connectivity index (χ0n) is 19.7. The van der Waals surface area contributed by atoms with E-state index in [2.05, 4.69) is 10.3 Å². The van der Waals surface area contributed by atoms with Gasteiger partial charge in [-0.15, -0.1) is 0 Å². The number of nitrogens with zero attached hydrogens (tertiary/aromatic N) is 3. The van der Waals surface area contributed by atoms with E-state index in [0.29, 0.717) is 12.0 Å². The number of imidazole rings is 1. The van der Waals surface area contributed by atoms with Crippen LogP contribution in [0.2, 0.25) is 0 Å². The molecular formula is C25H31FN4O4. The zero-order chi connectivity index (χ0) is 24.4. The van der Waals surface area contributed by atoms with Gasteiger partial charge in [0.05, 0.1) is 18.7 Å². The first-order valence-electron chi connectivity index (χ1n) is 11.7. The Morgan fingerprint density at radius 2 is 1.94 bits per heavy atom. The van der Waals surface area contributed by atoms with Gasteiger partial charge in [0.25, 0.3) is 5.91 Å². The highest BCUT2D eigenvalue weighted by atomic mass is 19.1. The maximum absolute atomic E-state index is 15.0. The Bertz CT molecular complexity index is 1050. The molecule has 0 bridgehead atoms. The number of aryl methyl sites for hydroxylation is 3. The fraction of sp³-hybridized carbons (Fsp3) is 0.520. The monoisotopic (exact) mass is 470 g/mol. The third-order valence-electron chi connectivity index (χ3n) is 6.84. The molecule has 2 aliphatic rings. The Balaban J connectivity index is 1.41. The number of fused-ring (bicyclic) bond motifs is 1. The van der Waals surface area contributed by atoms with Crippen molar-refractivity contribution in [2.75, 3.05) is 13.2 Å². The van der Waals surface area contributed by atoms with E-state index in [0.717, 1.165) is 24.2 Å². The number of halogens is 1. The van der Waals surface area contributed by atoms with E-state index in [1.165, 1.54) is 4.90 Å². The summed E-state index contributed by atoms with van der Waals surface area (Å²) in [4.78, 5) is 43.8. The first kappa shape index (κ1) is 24.1. The van der Waals surface area contributed by atoms with Gasteiger partial charge in [-0.3, -0.25) is 14.4 Å². The van der Waals surface area contributed by atoms with Crippen LogP contribution >= 0.6 is 0 Å². The lowest BCUT2D eigenvalue weighted by atomic mass is 9.83. The third kappa shape index (κ3) is 5.04. The Labute approximate surface area is 198 Å². The first-order chi connectivity index (χ1) is 16.2. The lowest BCUT2D eigenvalue weighted by Crippen LogP contribution is -2.64. The van der Waals surface area contributed by atoms with E-state index in [1.807, 2.05) is 36.9 Å². The predicted octanol–water partition coefficient (Wildman–Crippen LogP) is 1.87. The topological polar surface area (TPSA) is 93.5 Å². The molecule has 0 saturated carbocycles. The van der Waals surface area contributed by atoms with Crippen molar-refractivity contribution in [1.82, 2.24) is 19.8 Å². The van der Waals surface area contributed by atoms with Gasteiger partial charge in [0.1, 0.15) is 24.6 Å². The van der Waals surface area contributed by atoms with Crippen molar-refractivity contribution in [3.63, 3.8) is 0 Å². The van der Waals surface area contributed by atoms with E-state index in [1.54, 1.807) is 25.3 Å². The van der Waals surface area contributed by atoms with Crippen LogP contribution in [0.15, 0.2) is 36.7 Å². The Kier molecular flexibility index (Phi) is 7.11. The van der Waals surface area contributed by atoms with Crippen LogP contribution in [0.5, 0.6) is 0 Å². The SMILES string of the molecule is CC1CC(NC(=O)c2ccc(CCc3nccn3C)cc2)C(=O)N2CC(=O)COC(C)[C@@H](F)C12. The van der Waals surface area contributed by atoms with E-state index in [4.69, 9.17) is 4.74 Å². The molecule has 1 N–H and O–H groups in total. The second-order valence-corrected chi connectivity index (χ2v) is 9.35. The van der Waals surface area contributed by atoms with E-state index in [-0.39, 0.29) is 30.8 Å². The van der Waals surface area contributed by atoms with Crippen LogP contribution in [0.3, 0.4) is 0 Å². The van der Waals surface area contributed by atoms with Gasteiger partial charge in [0, 0.05) is 31.4 Å². The summed E-state index contributed by atoms with van der Waals surface area (Å²) in [6, 6.07) is 5.70. The van der Waals surface area contributed by atoms with Crippen molar-refractivity contribution in [1.29, 1.82) is 0 Å². The Morgan fingerprint density at radius 1 is 1.21 bits per heavy atom. The third-order valence-corrected chi connectivity index (χ3v) is 6.84. The second-order valence-electron chi connectivity index (χ2n) is 9.35. The fourth-order valence-electron chi connectivity index (χ4n) is 4.84. The number of Topliss-reactive ketones (excluding diaryl/α,β-unsaturated/α-hetero) is 1. The number of aromatic nitrogens is 2. The van der Waals surface area contributed by atoms with E-state index >= 15 is 4.39 Å². The van der Waals surface area contributed by atoms with Gasteiger partial charge >= 0.3 is 0 Å². The van der Waals surface area contributed by atoms with Crippen molar-refractivity contribution in [3.8, 4) is 0 Å². The zero-order valence-corrected chi connectivity index (χ0v) is 19.7. The second kappa shape index (κ2) is 10.0. The maximum Gasteiger partial charge on any atom is 0.251 e. The van der Waals surface area contributed by atoms with Crippen molar-refractivity contribution >= 4 is 17.6 Å². The number of nitrogens with one attached hydrogen (secondary N) is 1. The molecule has 1 aromatic heterocycles. The molecule has 4 rings (SSSR count). The summed E-state index contributed by atoms with van der Waals surface area (Å²) in [7, 11) is 1.95. The van der Waals surface area contributed by atoms with Crippen LogP contribution in [0, 0.1) is 5.92 Å². The molecule has 0 aliphatic carbocycles. The normalized spacial score (nSPS) is 27.6. The average molecular weight is 471 g/mol. The highest BCUT2D eigenvalue weighted by Crippen LogP contribution is 2.31. The molecule has 2 aliphatic heterocycles. The van der Waals surface area contributed by atoms with Crippen LogP contribution < -0.4 is 5.32 Å². The molecule has 9 heteroatoms. The molecule has 34 heavy (non-hydrogen) atoms. The number of hydrogen-bond donors (Lipinski definition) is 1. The summed E-state index contributed by atoms with van der Waals surface area (Å²) in [5.74, 6) is -0.329. The molecule has 2 amide bonds. The van der Waals surface area contributed by atoms with Gasteiger partial charge in [0.15, 0.2) is 5.78 Å². The summed E-state index contributed by atoms with van der Waals surface area (Å²) in [5.41, 5.74) is 1.52. The fourth-order valence-corrected chi connectivity index (χ4v) is 4.84. The molecular weight excluding hydrogens is 439 g/mol. The quantitative estimate of drug-likeness (QED) is 0.720. The van der Waals surface area contributed by atoms with Crippen LogP contribution in [0.4, 0.5) is 4.39 Å². The number of piperidine rings is 1. The lowest BCUT2D eigenvalue weighted by molar-refractivity contribution is -0.156. The number of alkyl halides is 1. The summed E-state index contributed by atoms with van der Waals surface area (Å²) in [6.45, 7) is 2.98. The van der Waals surface area contributed by atoms with Crippen LogP contribution in [0.1, 0.15) is 42.0 Å².